The molecule has 0 aliphatic carbocycles. The van der Waals surface area contributed by atoms with E-state index < -0.39 is 10.0 Å². The van der Waals surface area contributed by atoms with Crippen molar-refractivity contribution in [2.45, 2.75) is 43.0 Å². The number of sulfonamides is 1. The van der Waals surface area contributed by atoms with Gasteiger partial charge in [0, 0.05) is 32.1 Å². The van der Waals surface area contributed by atoms with Crippen molar-refractivity contribution in [2.24, 2.45) is 5.92 Å². The largest absolute Gasteiger partial charge is 0.356 e. The normalized spacial score (nSPS) is 22.8. The number of hydrogen-bond acceptors (Lipinski definition) is 4. The van der Waals surface area contributed by atoms with Crippen LogP contribution >= 0.6 is 0 Å². The Hall–Kier alpha value is -1.44. The molecule has 2 aliphatic heterocycles. The Bertz CT molecular complexity index is 664. The summed E-state index contributed by atoms with van der Waals surface area (Å²) < 4.78 is 26.8. The summed E-state index contributed by atoms with van der Waals surface area (Å²) in [4.78, 5) is 12.3. The molecule has 1 atom stereocenters. The van der Waals surface area contributed by atoms with E-state index in [1.807, 2.05) is 6.07 Å². The van der Waals surface area contributed by atoms with E-state index in [1.165, 1.54) is 0 Å². The fourth-order valence-electron chi connectivity index (χ4n) is 3.58. The van der Waals surface area contributed by atoms with E-state index in [4.69, 9.17) is 0 Å². The Kier molecular flexibility index (Phi) is 6.09. The lowest BCUT2D eigenvalue weighted by Crippen LogP contribution is -2.42. The van der Waals surface area contributed by atoms with Crippen LogP contribution in [-0.4, -0.2) is 50.9 Å². The summed E-state index contributed by atoms with van der Waals surface area (Å²) >= 11 is 0. The van der Waals surface area contributed by atoms with E-state index in [2.05, 4.69) is 10.6 Å². The number of carbonyl (C=O) groups excluding carboxylic acids is 1. The molecule has 7 heteroatoms. The number of amides is 1. The number of piperidine rings is 1. The maximum atomic E-state index is 12.6. The first kappa shape index (κ1) is 18.4. The van der Waals surface area contributed by atoms with Crippen molar-refractivity contribution < 1.29 is 13.2 Å². The van der Waals surface area contributed by atoms with Crippen LogP contribution in [0.2, 0.25) is 0 Å². The van der Waals surface area contributed by atoms with Gasteiger partial charge in [0.15, 0.2) is 0 Å². The second kappa shape index (κ2) is 8.29. The second-order valence-corrected chi connectivity index (χ2v) is 8.90. The molecule has 0 saturated carbocycles. The highest BCUT2D eigenvalue weighted by Gasteiger charge is 2.29. The van der Waals surface area contributed by atoms with E-state index in [-0.39, 0.29) is 5.91 Å². The Morgan fingerprint density at radius 3 is 2.52 bits per heavy atom. The van der Waals surface area contributed by atoms with Crippen molar-refractivity contribution in [3.8, 4) is 0 Å². The standard InChI is InChI=1S/C18H27N3O3S/c22-18(13-16-5-4-10-19-16)20-14-15-8-11-21(12-9-15)25(23,24)17-6-2-1-3-7-17/h1-3,6-7,15-16,19H,4-5,8-14H2,(H,20,22). The van der Waals surface area contributed by atoms with Gasteiger partial charge in [0.2, 0.25) is 15.9 Å². The molecule has 1 aromatic carbocycles. The summed E-state index contributed by atoms with van der Waals surface area (Å²) in [6.45, 7) is 2.68. The van der Waals surface area contributed by atoms with Crippen LogP contribution in [0.5, 0.6) is 0 Å². The van der Waals surface area contributed by atoms with Crippen LogP contribution in [0.1, 0.15) is 32.1 Å². The number of nitrogens with one attached hydrogen (secondary N) is 2. The fraction of sp³-hybridized carbons (Fsp3) is 0.611. The zero-order valence-electron chi connectivity index (χ0n) is 14.5. The Morgan fingerprint density at radius 2 is 1.88 bits per heavy atom. The van der Waals surface area contributed by atoms with Crippen LogP contribution in [0.15, 0.2) is 35.2 Å². The van der Waals surface area contributed by atoms with Crippen LogP contribution in [-0.2, 0) is 14.8 Å². The predicted molar refractivity (Wildman–Crippen MR) is 96.6 cm³/mol. The average molecular weight is 365 g/mol. The first-order chi connectivity index (χ1) is 12.1. The van der Waals surface area contributed by atoms with Gasteiger partial charge in [-0.05, 0) is 50.3 Å². The highest BCUT2D eigenvalue weighted by atomic mass is 32.2. The number of nitrogens with zero attached hydrogens (tertiary/aromatic N) is 1. The van der Waals surface area contributed by atoms with Gasteiger partial charge in [0.25, 0.3) is 0 Å². The molecule has 1 unspecified atom stereocenters. The lowest BCUT2D eigenvalue weighted by Gasteiger charge is -2.31. The van der Waals surface area contributed by atoms with Crippen molar-refractivity contribution in [3.63, 3.8) is 0 Å². The smallest absolute Gasteiger partial charge is 0.243 e. The van der Waals surface area contributed by atoms with Gasteiger partial charge in [-0.25, -0.2) is 8.42 Å². The molecule has 0 radical (unpaired) electrons. The maximum absolute atomic E-state index is 12.6. The minimum atomic E-state index is -3.39. The maximum Gasteiger partial charge on any atom is 0.243 e. The molecule has 0 aromatic heterocycles. The Balaban J connectivity index is 1.43. The summed E-state index contributed by atoms with van der Waals surface area (Å²) in [5.74, 6) is 0.446. The van der Waals surface area contributed by atoms with E-state index >= 15 is 0 Å². The van der Waals surface area contributed by atoms with Crippen LogP contribution in [0.3, 0.4) is 0 Å². The zero-order valence-corrected chi connectivity index (χ0v) is 15.3. The molecule has 2 heterocycles. The number of benzene rings is 1. The molecule has 2 N–H and O–H groups in total. The van der Waals surface area contributed by atoms with Gasteiger partial charge in [-0.3, -0.25) is 4.79 Å². The minimum absolute atomic E-state index is 0.0961. The summed E-state index contributed by atoms with van der Waals surface area (Å²) in [7, 11) is -3.39. The quantitative estimate of drug-likeness (QED) is 0.798. The zero-order chi connectivity index (χ0) is 17.7. The first-order valence-electron chi connectivity index (χ1n) is 9.11. The molecule has 1 amide bonds. The molecule has 3 rings (SSSR count). The van der Waals surface area contributed by atoms with E-state index in [0.29, 0.717) is 42.9 Å². The predicted octanol–water partition coefficient (Wildman–Crippen LogP) is 1.35. The Morgan fingerprint density at radius 1 is 1.16 bits per heavy atom. The first-order valence-corrected chi connectivity index (χ1v) is 10.5. The van der Waals surface area contributed by atoms with Gasteiger partial charge >= 0.3 is 0 Å². The average Bonchev–Trinajstić information content (AvgIpc) is 3.14. The molecule has 25 heavy (non-hydrogen) atoms. The monoisotopic (exact) mass is 365 g/mol. The van der Waals surface area contributed by atoms with Crippen LogP contribution < -0.4 is 10.6 Å². The Labute approximate surface area is 150 Å². The summed E-state index contributed by atoms with van der Waals surface area (Å²) in [6.07, 6.45) is 4.33. The molecule has 2 aliphatic rings. The van der Waals surface area contributed by atoms with E-state index in [9.17, 15) is 13.2 Å². The van der Waals surface area contributed by atoms with Crippen LogP contribution in [0.25, 0.3) is 0 Å². The van der Waals surface area contributed by atoms with Gasteiger partial charge in [-0.15, -0.1) is 0 Å². The van der Waals surface area contributed by atoms with E-state index in [0.717, 1.165) is 32.2 Å². The molecule has 138 valence electrons. The lowest BCUT2D eigenvalue weighted by molar-refractivity contribution is -0.121. The van der Waals surface area contributed by atoms with Gasteiger partial charge in [-0.1, -0.05) is 18.2 Å². The third-order valence-corrected chi connectivity index (χ3v) is 7.05. The summed E-state index contributed by atoms with van der Waals surface area (Å²) in [5, 5.41) is 6.35. The SMILES string of the molecule is O=C(CC1CCCN1)NCC1CCN(S(=O)(=O)c2ccccc2)CC1. The molecule has 1 aromatic rings. The molecule has 0 spiro atoms. The molecule has 6 nitrogen and oxygen atoms in total. The van der Waals surface area contributed by atoms with Crippen molar-refractivity contribution in [1.29, 1.82) is 0 Å². The number of hydrogen-bond donors (Lipinski definition) is 2. The summed E-state index contributed by atoms with van der Waals surface area (Å²) in [6, 6.07) is 8.90. The van der Waals surface area contributed by atoms with Crippen molar-refractivity contribution in [1.82, 2.24) is 14.9 Å². The van der Waals surface area contributed by atoms with Gasteiger partial charge in [0.1, 0.15) is 0 Å². The molecule has 2 saturated heterocycles. The third-order valence-electron chi connectivity index (χ3n) is 5.14. The topological polar surface area (TPSA) is 78.5 Å². The number of carbonyl (C=O) groups is 1. The van der Waals surface area contributed by atoms with Gasteiger partial charge in [-0.2, -0.15) is 4.31 Å². The van der Waals surface area contributed by atoms with Gasteiger partial charge < -0.3 is 10.6 Å². The highest BCUT2D eigenvalue weighted by Crippen LogP contribution is 2.23. The fourth-order valence-corrected chi connectivity index (χ4v) is 5.07. The number of rotatable bonds is 6. The second-order valence-electron chi connectivity index (χ2n) is 6.96. The minimum Gasteiger partial charge on any atom is -0.356 e. The summed E-state index contributed by atoms with van der Waals surface area (Å²) in [5.41, 5.74) is 0. The highest BCUT2D eigenvalue weighted by molar-refractivity contribution is 7.89. The molecule has 2 fully saturated rings. The molecular weight excluding hydrogens is 338 g/mol. The van der Waals surface area contributed by atoms with Crippen molar-refractivity contribution in [2.75, 3.05) is 26.2 Å². The third kappa shape index (κ3) is 4.80. The van der Waals surface area contributed by atoms with Crippen molar-refractivity contribution in [3.05, 3.63) is 30.3 Å². The van der Waals surface area contributed by atoms with E-state index in [1.54, 1.807) is 28.6 Å². The molecular formula is C18H27N3O3S. The van der Waals surface area contributed by atoms with Crippen LogP contribution in [0.4, 0.5) is 0 Å². The van der Waals surface area contributed by atoms with Gasteiger partial charge in [0.05, 0.1) is 4.90 Å². The lowest BCUT2D eigenvalue weighted by atomic mass is 9.98. The van der Waals surface area contributed by atoms with Crippen molar-refractivity contribution >= 4 is 15.9 Å². The van der Waals surface area contributed by atoms with Crippen LogP contribution in [0, 0.1) is 5.92 Å². The molecule has 0 bridgehead atoms.